The first kappa shape index (κ1) is 18.4. The monoisotopic (exact) mass is 297 g/mol. The molecule has 0 radical (unpaired) electrons. The first-order valence-corrected chi connectivity index (χ1v) is 8.76. The summed E-state index contributed by atoms with van der Waals surface area (Å²) in [4.78, 5) is 14.7. The molecule has 1 amide bonds. The lowest BCUT2D eigenvalue weighted by atomic mass is 9.79. The minimum absolute atomic E-state index is 0.126. The third kappa shape index (κ3) is 6.35. The molecule has 0 bridgehead atoms. The van der Waals surface area contributed by atoms with Crippen molar-refractivity contribution in [3.05, 3.63) is 0 Å². The van der Waals surface area contributed by atoms with Crippen LogP contribution in [0.5, 0.6) is 0 Å². The Morgan fingerprint density at radius 3 is 2.57 bits per heavy atom. The highest BCUT2D eigenvalue weighted by Crippen LogP contribution is 2.27. The van der Waals surface area contributed by atoms with E-state index in [0.29, 0.717) is 5.92 Å². The van der Waals surface area contributed by atoms with Crippen molar-refractivity contribution in [2.75, 3.05) is 19.6 Å². The molecule has 1 aliphatic rings. The highest BCUT2D eigenvalue weighted by Gasteiger charge is 2.29. The minimum atomic E-state index is 0.126. The topological polar surface area (TPSA) is 58.4 Å². The predicted octanol–water partition coefficient (Wildman–Crippen LogP) is 2.38. The number of amides is 1. The van der Waals surface area contributed by atoms with Gasteiger partial charge in [-0.25, -0.2) is 0 Å². The summed E-state index contributed by atoms with van der Waals surface area (Å²) >= 11 is 0. The highest BCUT2D eigenvalue weighted by molar-refractivity contribution is 5.79. The van der Waals surface area contributed by atoms with Crippen LogP contribution in [0.2, 0.25) is 0 Å². The molecule has 0 aromatic rings. The summed E-state index contributed by atoms with van der Waals surface area (Å²) in [6.07, 6.45) is 5.11. The molecule has 21 heavy (non-hydrogen) atoms. The van der Waals surface area contributed by atoms with Crippen molar-refractivity contribution >= 4 is 5.91 Å². The number of hydrogen-bond donors (Lipinski definition) is 2. The zero-order valence-electron chi connectivity index (χ0n) is 14.4. The second-order valence-corrected chi connectivity index (χ2v) is 6.73. The minimum Gasteiger partial charge on any atom is -0.353 e. The number of nitrogens with one attached hydrogen (secondary N) is 1. The largest absolute Gasteiger partial charge is 0.353 e. The fraction of sp³-hybridized carbons (Fsp3) is 0.941. The molecule has 0 aliphatic heterocycles. The van der Waals surface area contributed by atoms with Crippen molar-refractivity contribution in [3.63, 3.8) is 0 Å². The molecular formula is C17H35N3O. The number of rotatable bonds is 8. The molecule has 1 fully saturated rings. The molecule has 1 rings (SSSR count). The molecule has 1 saturated carbocycles. The summed E-state index contributed by atoms with van der Waals surface area (Å²) in [5, 5.41) is 3.18. The van der Waals surface area contributed by atoms with Crippen molar-refractivity contribution in [2.45, 2.75) is 71.9 Å². The normalized spacial score (nSPS) is 27.6. The number of nitrogens with zero attached hydrogens (tertiary/aromatic N) is 1. The van der Waals surface area contributed by atoms with E-state index in [0.717, 1.165) is 51.7 Å². The fourth-order valence-electron chi connectivity index (χ4n) is 3.19. The van der Waals surface area contributed by atoms with Crippen molar-refractivity contribution in [3.8, 4) is 0 Å². The average molecular weight is 297 g/mol. The van der Waals surface area contributed by atoms with Gasteiger partial charge in [0.2, 0.25) is 5.91 Å². The SMILES string of the molecule is CCN(CC)CCCC(C)NC(=O)C1CCC(C)C(N)C1. The van der Waals surface area contributed by atoms with E-state index in [-0.39, 0.29) is 23.9 Å². The molecule has 0 aromatic heterocycles. The Hall–Kier alpha value is -0.610. The highest BCUT2D eigenvalue weighted by atomic mass is 16.1. The molecule has 0 aromatic carbocycles. The van der Waals surface area contributed by atoms with Gasteiger partial charge in [0.25, 0.3) is 0 Å². The summed E-state index contributed by atoms with van der Waals surface area (Å²) < 4.78 is 0. The lowest BCUT2D eigenvalue weighted by molar-refractivity contribution is -0.127. The summed E-state index contributed by atoms with van der Waals surface area (Å²) in [7, 11) is 0. The molecule has 3 N–H and O–H groups in total. The van der Waals surface area contributed by atoms with Crippen LogP contribution in [-0.4, -0.2) is 42.5 Å². The van der Waals surface area contributed by atoms with E-state index in [2.05, 4.69) is 37.9 Å². The van der Waals surface area contributed by atoms with Crippen molar-refractivity contribution in [1.29, 1.82) is 0 Å². The molecule has 124 valence electrons. The second kappa shape index (κ2) is 9.42. The molecule has 4 heteroatoms. The zero-order chi connectivity index (χ0) is 15.8. The van der Waals surface area contributed by atoms with E-state index in [1.54, 1.807) is 0 Å². The quantitative estimate of drug-likeness (QED) is 0.723. The maximum atomic E-state index is 12.3. The van der Waals surface area contributed by atoms with Crippen LogP contribution in [0, 0.1) is 11.8 Å². The van der Waals surface area contributed by atoms with Crippen LogP contribution in [0.25, 0.3) is 0 Å². The van der Waals surface area contributed by atoms with Crippen LogP contribution in [-0.2, 0) is 4.79 Å². The van der Waals surface area contributed by atoms with Crippen LogP contribution < -0.4 is 11.1 Å². The first-order chi connectivity index (χ1) is 9.97. The van der Waals surface area contributed by atoms with Crippen LogP contribution in [0.3, 0.4) is 0 Å². The Morgan fingerprint density at radius 1 is 1.33 bits per heavy atom. The Balaban J connectivity index is 2.24. The molecule has 0 spiro atoms. The van der Waals surface area contributed by atoms with Gasteiger partial charge in [0.05, 0.1) is 0 Å². The molecule has 0 heterocycles. The third-order valence-corrected chi connectivity index (χ3v) is 5.02. The van der Waals surface area contributed by atoms with Crippen molar-refractivity contribution < 1.29 is 4.79 Å². The number of nitrogens with two attached hydrogens (primary N) is 1. The van der Waals surface area contributed by atoms with Gasteiger partial charge in [-0.05, 0) is 64.6 Å². The first-order valence-electron chi connectivity index (χ1n) is 8.76. The van der Waals surface area contributed by atoms with Gasteiger partial charge in [-0.3, -0.25) is 4.79 Å². The summed E-state index contributed by atoms with van der Waals surface area (Å²) in [5.74, 6) is 0.898. The van der Waals surface area contributed by atoms with Gasteiger partial charge in [0.15, 0.2) is 0 Å². The Labute approximate surface area is 130 Å². The number of carbonyl (C=O) groups is 1. The standard InChI is InChI=1S/C17H35N3O/c1-5-20(6-2)11-7-8-14(4)19-17(21)15-10-9-13(3)16(18)12-15/h13-16H,5-12,18H2,1-4H3,(H,19,21). The van der Waals surface area contributed by atoms with Crippen LogP contribution in [0.4, 0.5) is 0 Å². The van der Waals surface area contributed by atoms with E-state index in [4.69, 9.17) is 5.73 Å². The summed E-state index contributed by atoms with van der Waals surface area (Å²) in [6.45, 7) is 12.0. The van der Waals surface area contributed by atoms with E-state index < -0.39 is 0 Å². The summed E-state index contributed by atoms with van der Waals surface area (Å²) in [5.41, 5.74) is 6.10. The van der Waals surface area contributed by atoms with Crippen molar-refractivity contribution in [2.24, 2.45) is 17.6 Å². The smallest absolute Gasteiger partial charge is 0.223 e. The van der Waals surface area contributed by atoms with E-state index >= 15 is 0 Å². The summed E-state index contributed by atoms with van der Waals surface area (Å²) in [6, 6.07) is 0.455. The average Bonchev–Trinajstić information content (AvgIpc) is 2.46. The maximum Gasteiger partial charge on any atom is 0.223 e. The lowest BCUT2D eigenvalue weighted by Crippen LogP contribution is -2.43. The van der Waals surface area contributed by atoms with Gasteiger partial charge in [-0.2, -0.15) is 0 Å². The van der Waals surface area contributed by atoms with Gasteiger partial charge >= 0.3 is 0 Å². The van der Waals surface area contributed by atoms with Crippen molar-refractivity contribution in [1.82, 2.24) is 10.2 Å². The zero-order valence-corrected chi connectivity index (χ0v) is 14.4. The van der Waals surface area contributed by atoms with Gasteiger partial charge in [-0.1, -0.05) is 20.8 Å². The second-order valence-electron chi connectivity index (χ2n) is 6.73. The van der Waals surface area contributed by atoms with Crippen LogP contribution >= 0.6 is 0 Å². The molecule has 0 saturated heterocycles. The molecule has 4 unspecified atom stereocenters. The van der Waals surface area contributed by atoms with Gasteiger partial charge in [-0.15, -0.1) is 0 Å². The molecule has 4 nitrogen and oxygen atoms in total. The lowest BCUT2D eigenvalue weighted by Gasteiger charge is -2.31. The van der Waals surface area contributed by atoms with Gasteiger partial charge < -0.3 is 16.0 Å². The van der Waals surface area contributed by atoms with E-state index in [1.807, 2.05) is 0 Å². The molecule has 4 atom stereocenters. The Kier molecular flexibility index (Phi) is 8.27. The molecule has 1 aliphatic carbocycles. The number of carbonyl (C=O) groups excluding carboxylic acids is 1. The van der Waals surface area contributed by atoms with Crippen LogP contribution in [0.1, 0.15) is 59.8 Å². The third-order valence-electron chi connectivity index (χ3n) is 5.02. The predicted molar refractivity (Wildman–Crippen MR) is 89.1 cm³/mol. The van der Waals surface area contributed by atoms with Crippen LogP contribution in [0.15, 0.2) is 0 Å². The Morgan fingerprint density at radius 2 is 2.00 bits per heavy atom. The number of hydrogen-bond acceptors (Lipinski definition) is 3. The van der Waals surface area contributed by atoms with Gasteiger partial charge in [0.1, 0.15) is 0 Å². The fourth-order valence-corrected chi connectivity index (χ4v) is 3.19. The molecular weight excluding hydrogens is 262 g/mol. The maximum absolute atomic E-state index is 12.3. The Bertz CT molecular complexity index is 304. The van der Waals surface area contributed by atoms with Gasteiger partial charge in [0, 0.05) is 18.0 Å². The van der Waals surface area contributed by atoms with E-state index in [1.165, 1.54) is 0 Å². The van der Waals surface area contributed by atoms with E-state index in [9.17, 15) is 4.79 Å².